The molecule has 0 bridgehead atoms. The number of ketones is 1. The highest BCUT2D eigenvalue weighted by Gasteiger charge is 2.23. The Balaban J connectivity index is 3.05. The van der Waals surface area contributed by atoms with E-state index in [1.165, 1.54) is 13.0 Å². The lowest BCUT2D eigenvalue weighted by molar-refractivity contribution is 0.0681. The molecule has 5 heteroatoms. The average molecular weight is 266 g/mol. The number of carboxylic acids is 1. The Hall–Kier alpha value is -1.62. The topological polar surface area (TPSA) is 62.5 Å². The van der Waals surface area contributed by atoms with Crippen LogP contribution in [0.3, 0.4) is 0 Å². The quantitative estimate of drug-likeness (QED) is 0.800. The molecule has 1 rings (SSSR count). The number of carboxylic acid groups (broad SMARTS) is 1. The van der Waals surface area contributed by atoms with Gasteiger partial charge in [-0.05, 0) is 32.5 Å². The number of aromatic carboxylic acids is 1. The van der Waals surface area contributed by atoms with Crippen LogP contribution in [-0.2, 0) is 6.54 Å². The van der Waals surface area contributed by atoms with Crippen LogP contribution < -0.4 is 0 Å². The first-order chi connectivity index (χ1) is 8.62. The molecule has 1 aromatic heterocycles. The molecular formula is C14H22N2O3. The smallest absolute Gasteiger partial charge is 0.352 e. The number of hydrogen-bond donors (Lipinski definition) is 1. The van der Waals surface area contributed by atoms with E-state index in [9.17, 15) is 14.7 Å². The summed E-state index contributed by atoms with van der Waals surface area (Å²) in [6, 6.07) is 1.44. The third-order valence-electron chi connectivity index (χ3n) is 2.86. The first-order valence-electron chi connectivity index (χ1n) is 6.21. The fourth-order valence-corrected chi connectivity index (χ4v) is 2.38. The number of nitrogens with zero attached hydrogens (tertiary/aromatic N) is 2. The number of carbonyl (C=O) groups excluding carboxylic acids is 1. The van der Waals surface area contributed by atoms with Crippen LogP contribution in [-0.4, -0.2) is 47.0 Å². The largest absolute Gasteiger partial charge is 0.477 e. The van der Waals surface area contributed by atoms with Gasteiger partial charge in [-0.25, -0.2) is 4.79 Å². The molecule has 0 aliphatic rings. The van der Waals surface area contributed by atoms with Crippen LogP contribution in [0.4, 0.5) is 0 Å². The molecule has 5 nitrogen and oxygen atoms in total. The molecule has 106 valence electrons. The lowest BCUT2D eigenvalue weighted by Crippen LogP contribution is -2.33. The van der Waals surface area contributed by atoms with Gasteiger partial charge in [0.2, 0.25) is 0 Å². The van der Waals surface area contributed by atoms with Crippen molar-refractivity contribution in [1.82, 2.24) is 9.47 Å². The minimum Gasteiger partial charge on any atom is -0.477 e. The molecule has 0 saturated heterocycles. The SMILES string of the molecule is CC(=O)c1cc(C(=O)O)n(CC(C)(C)CN(C)C)c1. The molecule has 1 heterocycles. The molecule has 0 saturated carbocycles. The highest BCUT2D eigenvalue weighted by atomic mass is 16.4. The predicted octanol–water partition coefficient (Wildman–Crippen LogP) is 1.98. The maximum atomic E-state index is 11.4. The normalized spacial score (nSPS) is 11.9. The minimum absolute atomic E-state index is 0.0826. The van der Waals surface area contributed by atoms with Crippen LogP contribution in [0.15, 0.2) is 12.3 Å². The lowest BCUT2D eigenvalue weighted by atomic mass is 9.93. The molecule has 0 atom stereocenters. The lowest BCUT2D eigenvalue weighted by Gasteiger charge is -2.29. The number of rotatable bonds is 6. The molecule has 0 radical (unpaired) electrons. The van der Waals surface area contributed by atoms with E-state index >= 15 is 0 Å². The molecule has 1 N–H and O–H groups in total. The van der Waals surface area contributed by atoms with Gasteiger partial charge in [-0.2, -0.15) is 0 Å². The van der Waals surface area contributed by atoms with Crippen LogP contribution in [0.25, 0.3) is 0 Å². The van der Waals surface area contributed by atoms with Gasteiger partial charge >= 0.3 is 5.97 Å². The Morgan fingerprint density at radius 2 is 1.95 bits per heavy atom. The number of carbonyl (C=O) groups is 2. The van der Waals surface area contributed by atoms with Crippen molar-refractivity contribution in [3.63, 3.8) is 0 Å². The van der Waals surface area contributed by atoms with Crippen molar-refractivity contribution >= 4 is 11.8 Å². The molecule has 0 fully saturated rings. The number of aromatic nitrogens is 1. The zero-order valence-electron chi connectivity index (χ0n) is 12.2. The van der Waals surface area contributed by atoms with Gasteiger partial charge in [-0.3, -0.25) is 4.79 Å². The third kappa shape index (κ3) is 4.21. The molecular weight excluding hydrogens is 244 g/mol. The van der Waals surface area contributed by atoms with Gasteiger partial charge in [0.05, 0.1) is 0 Å². The van der Waals surface area contributed by atoms with E-state index in [0.717, 1.165) is 6.54 Å². The molecule has 1 aromatic rings. The van der Waals surface area contributed by atoms with Gasteiger partial charge in [0, 0.05) is 24.8 Å². The fourth-order valence-electron chi connectivity index (χ4n) is 2.38. The molecule has 0 unspecified atom stereocenters. The Morgan fingerprint density at radius 3 is 2.37 bits per heavy atom. The molecule has 0 spiro atoms. The fraction of sp³-hybridized carbons (Fsp3) is 0.571. The maximum absolute atomic E-state index is 11.4. The predicted molar refractivity (Wildman–Crippen MR) is 73.7 cm³/mol. The first kappa shape index (κ1) is 15.4. The second-order valence-corrected chi connectivity index (χ2v) is 6.01. The van der Waals surface area contributed by atoms with Gasteiger partial charge in [-0.15, -0.1) is 0 Å². The van der Waals surface area contributed by atoms with E-state index in [4.69, 9.17) is 0 Å². The van der Waals surface area contributed by atoms with Crippen molar-refractivity contribution in [3.8, 4) is 0 Å². The van der Waals surface area contributed by atoms with E-state index in [1.54, 1.807) is 10.8 Å². The summed E-state index contributed by atoms with van der Waals surface area (Å²) in [5.41, 5.74) is 0.524. The summed E-state index contributed by atoms with van der Waals surface area (Å²) in [5, 5.41) is 9.20. The monoisotopic (exact) mass is 266 g/mol. The zero-order valence-corrected chi connectivity index (χ0v) is 12.2. The molecule has 0 aliphatic heterocycles. The van der Waals surface area contributed by atoms with Gasteiger partial charge in [-0.1, -0.05) is 13.8 Å². The molecule has 0 amide bonds. The van der Waals surface area contributed by atoms with Crippen molar-refractivity contribution in [3.05, 3.63) is 23.5 Å². The first-order valence-corrected chi connectivity index (χ1v) is 6.21. The summed E-state index contributed by atoms with van der Waals surface area (Å²) < 4.78 is 1.66. The van der Waals surface area contributed by atoms with Crippen LogP contribution in [0.5, 0.6) is 0 Å². The minimum atomic E-state index is -1.01. The standard InChI is InChI=1S/C14H22N2O3/c1-10(17)11-6-12(13(18)19)16(7-11)9-14(2,3)8-15(4)5/h6-7H,8-9H2,1-5H3,(H,18,19). The number of hydrogen-bond acceptors (Lipinski definition) is 3. The van der Waals surface area contributed by atoms with E-state index in [0.29, 0.717) is 12.1 Å². The van der Waals surface area contributed by atoms with Gasteiger partial charge in [0.1, 0.15) is 5.69 Å². The second-order valence-electron chi connectivity index (χ2n) is 6.01. The van der Waals surface area contributed by atoms with Gasteiger partial charge < -0.3 is 14.6 Å². The summed E-state index contributed by atoms with van der Waals surface area (Å²) in [6.07, 6.45) is 1.63. The van der Waals surface area contributed by atoms with Crippen LogP contribution in [0.2, 0.25) is 0 Å². The van der Waals surface area contributed by atoms with Crippen molar-refractivity contribution in [2.45, 2.75) is 27.3 Å². The molecule has 0 aliphatic carbocycles. The van der Waals surface area contributed by atoms with Gasteiger partial charge in [0.25, 0.3) is 0 Å². The average Bonchev–Trinajstić information content (AvgIpc) is 2.58. The van der Waals surface area contributed by atoms with E-state index in [-0.39, 0.29) is 16.9 Å². The Kier molecular flexibility index (Phi) is 4.52. The summed E-state index contributed by atoms with van der Waals surface area (Å²) in [4.78, 5) is 24.7. The van der Waals surface area contributed by atoms with Crippen LogP contribution in [0.1, 0.15) is 41.6 Å². The molecule has 19 heavy (non-hydrogen) atoms. The summed E-state index contributed by atoms with van der Waals surface area (Å²) >= 11 is 0. The van der Waals surface area contributed by atoms with E-state index < -0.39 is 5.97 Å². The van der Waals surface area contributed by atoms with Crippen molar-refractivity contribution < 1.29 is 14.7 Å². The Bertz CT molecular complexity index is 487. The summed E-state index contributed by atoms with van der Waals surface area (Å²) in [5.74, 6) is -1.13. The third-order valence-corrected chi connectivity index (χ3v) is 2.86. The second kappa shape index (κ2) is 5.57. The highest BCUT2D eigenvalue weighted by Crippen LogP contribution is 2.22. The van der Waals surface area contributed by atoms with Crippen molar-refractivity contribution in [1.29, 1.82) is 0 Å². The van der Waals surface area contributed by atoms with Crippen molar-refractivity contribution in [2.24, 2.45) is 5.41 Å². The highest BCUT2D eigenvalue weighted by molar-refractivity contribution is 5.97. The Morgan fingerprint density at radius 1 is 1.37 bits per heavy atom. The molecule has 0 aromatic carbocycles. The number of Topliss-reactive ketones (excluding diaryl/α,β-unsaturated/α-hetero) is 1. The van der Waals surface area contributed by atoms with E-state index in [2.05, 4.69) is 18.7 Å². The Labute approximate surface area is 113 Å². The van der Waals surface area contributed by atoms with Crippen molar-refractivity contribution in [2.75, 3.05) is 20.6 Å². The maximum Gasteiger partial charge on any atom is 0.352 e. The summed E-state index contributed by atoms with van der Waals surface area (Å²) in [7, 11) is 3.97. The summed E-state index contributed by atoms with van der Waals surface area (Å²) in [6.45, 7) is 6.98. The van der Waals surface area contributed by atoms with Gasteiger partial charge in [0.15, 0.2) is 5.78 Å². The zero-order chi connectivity index (χ0) is 14.8. The van der Waals surface area contributed by atoms with E-state index in [1.807, 2.05) is 14.1 Å². The van der Waals surface area contributed by atoms with Crippen LogP contribution in [0, 0.1) is 5.41 Å². The van der Waals surface area contributed by atoms with Crippen LogP contribution >= 0.6 is 0 Å².